The second-order valence-corrected chi connectivity index (χ2v) is 8.66. The minimum atomic E-state index is -3.41. The largest absolute Gasteiger partial charge is 0.507 e. The van der Waals surface area contributed by atoms with Crippen molar-refractivity contribution in [3.8, 4) is 5.75 Å². The summed E-state index contributed by atoms with van der Waals surface area (Å²) in [5.74, 6) is -0.317. The van der Waals surface area contributed by atoms with Gasteiger partial charge in [0.15, 0.2) is 9.84 Å². The molecule has 25 heavy (non-hydrogen) atoms. The molecule has 1 heterocycles. The third kappa shape index (κ3) is 3.39. The van der Waals surface area contributed by atoms with Gasteiger partial charge in [-0.2, -0.15) is 0 Å². The summed E-state index contributed by atoms with van der Waals surface area (Å²) >= 11 is 0. The maximum Gasteiger partial charge on any atom is 0.257 e. The molecule has 0 spiro atoms. The van der Waals surface area contributed by atoms with Crippen LogP contribution in [0.3, 0.4) is 0 Å². The molecule has 3 rings (SSSR count). The summed E-state index contributed by atoms with van der Waals surface area (Å²) in [5.41, 5.74) is 1.74. The van der Waals surface area contributed by atoms with E-state index in [1.54, 1.807) is 36.4 Å². The first-order valence-electron chi connectivity index (χ1n) is 8.22. The summed E-state index contributed by atoms with van der Waals surface area (Å²) in [6.07, 6.45) is 0. The van der Waals surface area contributed by atoms with Crippen LogP contribution in [0.25, 0.3) is 0 Å². The second-order valence-electron chi connectivity index (χ2n) is 6.58. The zero-order valence-corrected chi connectivity index (χ0v) is 15.1. The van der Waals surface area contributed by atoms with Gasteiger partial charge in [0.05, 0.1) is 16.2 Å². The van der Waals surface area contributed by atoms with Gasteiger partial charge in [0.25, 0.3) is 5.91 Å². The van der Waals surface area contributed by atoms with E-state index in [0.717, 1.165) is 5.56 Å². The average Bonchev–Trinajstić information content (AvgIpc) is 2.71. The number of sulfone groups is 1. The van der Waals surface area contributed by atoms with Crippen molar-refractivity contribution in [2.24, 2.45) is 0 Å². The third-order valence-corrected chi connectivity index (χ3v) is 6.29. The van der Waals surface area contributed by atoms with Gasteiger partial charge in [-0.3, -0.25) is 4.79 Å². The Kier molecular flexibility index (Phi) is 4.56. The Hall–Kier alpha value is -2.34. The maximum absolute atomic E-state index is 12.8. The van der Waals surface area contributed by atoms with Gasteiger partial charge in [0, 0.05) is 13.1 Å². The molecule has 0 radical (unpaired) electrons. The minimum absolute atomic E-state index is 0.0726. The Morgan fingerprint density at radius 2 is 1.88 bits per heavy atom. The van der Waals surface area contributed by atoms with E-state index in [9.17, 15) is 18.3 Å². The van der Waals surface area contributed by atoms with Crippen LogP contribution < -0.4 is 0 Å². The van der Waals surface area contributed by atoms with Crippen molar-refractivity contribution in [2.75, 3.05) is 12.3 Å². The lowest BCUT2D eigenvalue weighted by Gasteiger charge is -2.21. The molecular weight excluding hydrogens is 338 g/mol. The number of aromatic hydroxyl groups is 1. The molecule has 0 bridgehead atoms. The highest BCUT2D eigenvalue weighted by Crippen LogP contribution is 2.27. The van der Waals surface area contributed by atoms with Gasteiger partial charge < -0.3 is 10.0 Å². The molecule has 2 aromatic carbocycles. The predicted molar refractivity (Wildman–Crippen MR) is 95.4 cm³/mol. The fourth-order valence-electron chi connectivity index (χ4n) is 3.00. The summed E-state index contributed by atoms with van der Waals surface area (Å²) in [7, 11) is -3.41. The number of nitrogens with zero attached hydrogens (tertiary/aromatic N) is 1. The number of hydrogen-bond acceptors (Lipinski definition) is 4. The van der Waals surface area contributed by atoms with E-state index < -0.39 is 9.84 Å². The molecule has 1 amide bonds. The van der Waals surface area contributed by atoms with Gasteiger partial charge in [-0.15, -0.1) is 0 Å². The van der Waals surface area contributed by atoms with Crippen LogP contribution in [-0.2, 0) is 16.4 Å². The lowest BCUT2D eigenvalue weighted by atomic mass is 10.0. The highest BCUT2D eigenvalue weighted by molar-refractivity contribution is 7.91. The summed E-state index contributed by atoms with van der Waals surface area (Å²) in [6, 6.07) is 11.8. The van der Waals surface area contributed by atoms with E-state index in [0.29, 0.717) is 5.56 Å². The number of phenolic OH excluding ortho intramolecular Hbond substituents is 1. The molecule has 2 aromatic rings. The number of carbonyl (C=O) groups is 1. The molecule has 0 aliphatic carbocycles. The quantitative estimate of drug-likeness (QED) is 0.895. The van der Waals surface area contributed by atoms with Crippen LogP contribution in [0.1, 0.15) is 41.3 Å². The van der Waals surface area contributed by atoms with Crippen LogP contribution in [0, 0.1) is 0 Å². The molecule has 1 aliphatic heterocycles. The summed E-state index contributed by atoms with van der Waals surface area (Å²) in [6.45, 7) is 4.32. The van der Waals surface area contributed by atoms with Crippen molar-refractivity contribution < 1.29 is 18.3 Å². The summed E-state index contributed by atoms with van der Waals surface area (Å²) in [5, 5.41) is 10.2. The number of rotatable bonds is 2. The van der Waals surface area contributed by atoms with E-state index >= 15 is 0 Å². The molecule has 0 atom stereocenters. The molecule has 0 saturated carbocycles. The summed E-state index contributed by atoms with van der Waals surface area (Å²) in [4.78, 5) is 14.6. The first-order chi connectivity index (χ1) is 11.8. The molecule has 1 N–H and O–H groups in total. The number of hydrogen-bond donors (Lipinski definition) is 1. The number of carbonyl (C=O) groups excluding carboxylic acids is 1. The molecule has 0 saturated heterocycles. The topological polar surface area (TPSA) is 74.7 Å². The third-order valence-electron chi connectivity index (χ3n) is 4.50. The van der Waals surface area contributed by atoms with Crippen LogP contribution in [0.2, 0.25) is 0 Å². The molecule has 6 heteroatoms. The van der Waals surface area contributed by atoms with Crippen molar-refractivity contribution in [1.82, 2.24) is 4.90 Å². The van der Waals surface area contributed by atoms with Crippen molar-refractivity contribution in [3.63, 3.8) is 0 Å². The number of fused-ring (bicyclic) bond motifs is 1. The zero-order chi connectivity index (χ0) is 18.2. The Balaban J connectivity index is 1.94. The van der Waals surface area contributed by atoms with E-state index in [1.165, 1.54) is 4.90 Å². The summed E-state index contributed by atoms with van der Waals surface area (Å²) < 4.78 is 24.8. The van der Waals surface area contributed by atoms with E-state index in [1.807, 2.05) is 19.9 Å². The molecule has 0 unspecified atom stereocenters. The average molecular weight is 359 g/mol. The Morgan fingerprint density at radius 3 is 2.56 bits per heavy atom. The van der Waals surface area contributed by atoms with Gasteiger partial charge >= 0.3 is 0 Å². The normalized spacial score (nSPS) is 16.4. The highest BCUT2D eigenvalue weighted by Gasteiger charge is 2.28. The lowest BCUT2D eigenvalue weighted by molar-refractivity contribution is 0.0751. The smallest absolute Gasteiger partial charge is 0.257 e. The van der Waals surface area contributed by atoms with Crippen LogP contribution in [-0.4, -0.2) is 36.6 Å². The van der Waals surface area contributed by atoms with Gasteiger partial charge in [-0.1, -0.05) is 38.1 Å². The van der Waals surface area contributed by atoms with Gasteiger partial charge in [0.1, 0.15) is 5.75 Å². The van der Waals surface area contributed by atoms with Crippen LogP contribution in [0.15, 0.2) is 47.4 Å². The van der Waals surface area contributed by atoms with Gasteiger partial charge in [-0.05, 0) is 35.2 Å². The number of benzene rings is 2. The molecule has 5 nitrogen and oxygen atoms in total. The monoisotopic (exact) mass is 359 g/mol. The SMILES string of the molecule is CC(C)c1ccc(C(=O)N2CCS(=O)(=O)c3ccccc3C2)c(O)c1. The molecule has 0 aromatic heterocycles. The highest BCUT2D eigenvalue weighted by atomic mass is 32.2. The minimum Gasteiger partial charge on any atom is -0.507 e. The fraction of sp³-hybridized carbons (Fsp3) is 0.316. The molecule has 1 aliphatic rings. The molecule has 0 fully saturated rings. The maximum atomic E-state index is 12.8. The van der Waals surface area contributed by atoms with Crippen LogP contribution >= 0.6 is 0 Å². The van der Waals surface area contributed by atoms with Crippen molar-refractivity contribution in [2.45, 2.75) is 31.2 Å². The standard InChI is InChI=1S/C19H21NO4S/c1-13(2)14-7-8-16(17(21)11-14)19(22)20-9-10-25(23,24)18-6-4-3-5-15(18)12-20/h3-8,11,13,21H,9-10,12H2,1-2H3. The van der Waals surface area contributed by atoms with Gasteiger partial charge in [0.2, 0.25) is 0 Å². The molecular formula is C19H21NO4S. The van der Waals surface area contributed by atoms with Crippen LogP contribution in [0.4, 0.5) is 0 Å². The van der Waals surface area contributed by atoms with Gasteiger partial charge in [-0.25, -0.2) is 8.42 Å². The zero-order valence-electron chi connectivity index (χ0n) is 14.3. The van der Waals surface area contributed by atoms with Crippen molar-refractivity contribution in [3.05, 3.63) is 59.2 Å². The van der Waals surface area contributed by atoms with Crippen molar-refractivity contribution >= 4 is 15.7 Å². The Labute approximate surface area is 147 Å². The van der Waals surface area contributed by atoms with E-state index in [-0.39, 0.29) is 46.9 Å². The van der Waals surface area contributed by atoms with Crippen molar-refractivity contribution in [1.29, 1.82) is 0 Å². The van der Waals surface area contributed by atoms with E-state index in [2.05, 4.69) is 0 Å². The second kappa shape index (κ2) is 6.52. The number of phenols is 1. The van der Waals surface area contributed by atoms with Crippen LogP contribution in [0.5, 0.6) is 5.75 Å². The first kappa shape index (κ1) is 17.5. The lowest BCUT2D eigenvalue weighted by Crippen LogP contribution is -2.32. The number of amides is 1. The fourth-order valence-corrected chi connectivity index (χ4v) is 4.49. The Morgan fingerprint density at radius 1 is 1.16 bits per heavy atom. The Bertz CT molecular complexity index is 919. The predicted octanol–water partition coefficient (Wildman–Crippen LogP) is 2.95. The first-order valence-corrected chi connectivity index (χ1v) is 9.87. The molecule has 132 valence electrons. The van der Waals surface area contributed by atoms with E-state index in [4.69, 9.17) is 0 Å².